The molecule has 0 spiro atoms. The van der Waals surface area contributed by atoms with Crippen LogP contribution < -0.4 is 11.1 Å². The molecule has 0 aliphatic heterocycles. The molecular formula is C11H19Cl2N3O. The molecule has 1 rings (SSSR count). The van der Waals surface area contributed by atoms with Crippen LogP contribution in [0.25, 0.3) is 0 Å². The lowest BCUT2D eigenvalue weighted by Crippen LogP contribution is -2.40. The van der Waals surface area contributed by atoms with Gasteiger partial charge in [-0.25, -0.2) is 4.98 Å². The Bertz CT molecular complexity index is 322. The Balaban J connectivity index is 0. The number of hydrogen-bond donors (Lipinski definition) is 2. The summed E-state index contributed by atoms with van der Waals surface area (Å²) >= 11 is 0. The standard InChI is InChI=1S/C11H17N3O.2ClH/c1-3-8(2)10(12)11(15)14-9-6-4-5-7-13-9;;/h4-8,10H,3,12H2,1-2H3,(H,13,14,15);2*1H/t8-,10-;;/m0../s1. The normalized spacial score (nSPS) is 12.6. The minimum atomic E-state index is -0.475. The summed E-state index contributed by atoms with van der Waals surface area (Å²) in [7, 11) is 0. The van der Waals surface area contributed by atoms with Gasteiger partial charge in [-0.15, -0.1) is 24.8 Å². The number of amides is 1. The van der Waals surface area contributed by atoms with E-state index in [0.29, 0.717) is 5.82 Å². The quantitative estimate of drug-likeness (QED) is 0.888. The summed E-state index contributed by atoms with van der Waals surface area (Å²) in [5.74, 6) is 0.540. The minimum absolute atomic E-state index is 0. The molecule has 2 atom stereocenters. The molecule has 0 bridgehead atoms. The lowest BCUT2D eigenvalue weighted by Gasteiger charge is -2.17. The first-order chi connectivity index (χ1) is 7.15. The van der Waals surface area contributed by atoms with Crippen LogP contribution in [-0.4, -0.2) is 16.9 Å². The molecule has 0 unspecified atom stereocenters. The second-order valence-corrected chi connectivity index (χ2v) is 3.62. The van der Waals surface area contributed by atoms with Crippen molar-refractivity contribution in [3.8, 4) is 0 Å². The third kappa shape index (κ3) is 5.86. The van der Waals surface area contributed by atoms with Gasteiger partial charge < -0.3 is 11.1 Å². The van der Waals surface area contributed by atoms with Crippen LogP contribution >= 0.6 is 24.8 Å². The average Bonchev–Trinajstić information content (AvgIpc) is 2.28. The molecule has 6 heteroatoms. The maximum atomic E-state index is 11.6. The van der Waals surface area contributed by atoms with Crippen molar-refractivity contribution < 1.29 is 4.79 Å². The van der Waals surface area contributed by atoms with Gasteiger partial charge in [0.25, 0.3) is 0 Å². The molecule has 0 radical (unpaired) electrons. The Morgan fingerprint density at radius 1 is 1.47 bits per heavy atom. The van der Waals surface area contributed by atoms with Gasteiger partial charge in [0, 0.05) is 6.20 Å². The molecule has 17 heavy (non-hydrogen) atoms. The van der Waals surface area contributed by atoms with Crippen LogP contribution in [0.15, 0.2) is 24.4 Å². The summed E-state index contributed by atoms with van der Waals surface area (Å²) in [5.41, 5.74) is 5.78. The Kier molecular flexibility index (Phi) is 10.0. The highest BCUT2D eigenvalue weighted by Crippen LogP contribution is 2.08. The zero-order valence-electron chi connectivity index (χ0n) is 9.92. The van der Waals surface area contributed by atoms with Gasteiger partial charge in [-0.2, -0.15) is 0 Å². The lowest BCUT2D eigenvalue weighted by atomic mass is 9.99. The Labute approximate surface area is 114 Å². The van der Waals surface area contributed by atoms with Gasteiger partial charge in [0.15, 0.2) is 0 Å². The first kappa shape index (κ1) is 18.5. The minimum Gasteiger partial charge on any atom is -0.320 e. The summed E-state index contributed by atoms with van der Waals surface area (Å²) in [4.78, 5) is 15.6. The van der Waals surface area contributed by atoms with Gasteiger partial charge in [-0.1, -0.05) is 26.3 Å². The van der Waals surface area contributed by atoms with Crippen LogP contribution in [0, 0.1) is 5.92 Å². The molecule has 4 nitrogen and oxygen atoms in total. The zero-order chi connectivity index (χ0) is 11.3. The van der Waals surface area contributed by atoms with E-state index in [1.807, 2.05) is 19.9 Å². The fourth-order valence-electron chi connectivity index (χ4n) is 1.16. The van der Waals surface area contributed by atoms with Crippen LogP contribution in [0.5, 0.6) is 0 Å². The summed E-state index contributed by atoms with van der Waals surface area (Å²) in [6.45, 7) is 3.97. The van der Waals surface area contributed by atoms with Gasteiger partial charge >= 0.3 is 0 Å². The second-order valence-electron chi connectivity index (χ2n) is 3.62. The van der Waals surface area contributed by atoms with Crippen molar-refractivity contribution in [1.82, 2.24) is 4.98 Å². The van der Waals surface area contributed by atoms with E-state index >= 15 is 0 Å². The number of carbonyl (C=O) groups is 1. The van der Waals surface area contributed by atoms with Crippen molar-refractivity contribution in [2.75, 3.05) is 5.32 Å². The van der Waals surface area contributed by atoms with Gasteiger partial charge in [0.05, 0.1) is 6.04 Å². The molecule has 0 fully saturated rings. The Morgan fingerprint density at radius 3 is 2.59 bits per heavy atom. The highest BCUT2D eigenvalue weighted by Gasteiger charge is 2.19. The molecule has 1 amide bonds. The van der Waals surface area contributed by atoms with Gasteiger partial charge in [-0.3, -0.25) is 4.79 Å². The summed E-state index contributed by atoms with van der Waals surface area (Å²) in [5, 5.41) is 2.68. The molecule has 0 saturated heterocycles. The number of halogens is 2. The maximum Gasteiger partial charge on any atom is 0.242 e. The first-order valence-corrected chi connectivity index (χ1v) is 5.12. The number of hydrogen-bond acceptors (Lipinski definition) is 3. The molecule has 3 N–H and O–H groups in total. The predicted molar refractivity (Wildman–Crippen MR) is 74.8 cm³/mol. The molecule has 0 aliphatic carbocycles. The van der Waals surface area contributed by atoms with Crippen LogP contribution in [0.2, 0.25) is 0 Å². The van der Waals surface area contributed by atoms with Crippen LogP contribution in [0.4, 0.5) is 5.82 Å². The van der Waals surface area contributed by atoms with E-state index in [1.54, 1.807) is 18.3 Å². The zero-order valence-corrected chi connectivity index (χ0v) is 11.6. The SMILES string of the molecule is CC[C@H](C)[C@H](N)C(=O)Nc1ccccn1.Cl.Cl. The van der Waals surface area contributed by atoms with E-state index in [-0.39, 0.29) is 36.6 Å². The van der Waals surface area contributed by atoms with E-state index in [9.17, 15) is 4.79 Å². The Hall–Kier alpha value is -0.840. The van der Waals surface area contributed by atoms with Crippen molar-refractivity contribution in [2.24, 2.45) is 11.7 Å². The largest absolute Gasteiger partial charge is 0.320 e. The third-order valence-electron chi connectivity index (χ3n) is 2.48. The molecule has 98 valence electrons. The maximum absolute atomic E-state index is 11.6. The van der Waals surface area contributed by atoms with E-state index in [1.165, 1.54) is 0 Å². The van der Waals surface area contributed by atoms with Gasteiger partial charge in [0.2, 0.25) is 5.91 Å². The lowest BCUT2D eigenvalue weighted by molar-refractivity contribution is -0.118. The van der Waals surface area contributed by atoms with Crippen molar-refractivity contribution in [2.45, 2.75) is 26.3 Å². The Morgan fingerprint density at radius 2 is 2.12 bits per heavy atom. The molecule has 1 heterocycles. The van der Waals surface area contributed by atoms with Crippen molar-refractivity contribution in [1.29, 1.82) is 0 Å². The average molecular weight is 280 g/mol. The van der Waals surface area contributed by atoms with E-state index in [0.717, 1.165) is 6.42 Å². The van der Waals surface area contributed by atoms with Crippen LogP contribution in [-0.2, 0) is 4.79 Å². The fraction of sp³-hybridized carbons (Fsp3) is 0.455. The number of anilines is 1. The van der Waals surface area contributed by atoms with E-state index in [4.69, 9.17) is 5.73 Å². The first-order valence-electron chi connectivity index (χ1n) is 5.12. The van der Waals surface area contributed by atoms with Gasteiger partial charge in [0.1, 0.15) is 5.82 Å². The highest BCUT2D eigenvalue weighted by molar-refractivity contribution is 5.94. The van der Waals surface area contributed by atoms with Crippen LogP contribution in [0.3, 0.4) is 0 Å². The topological polar surface area (TPSA) is 68.0 Å². The highest BCUT2D eigenvalue weighted by atomic mass is 35.5. The molecule has 1 aromatic rings. The van der Waals surface area contributed by atoms with Gasteiger partial charge in [-0.05, 0) is 18.1 Å². The molecule has 0 saturated carbocycles. The molecule has 0 aliphatic rings. The van der Waals surface area contributed by atoms with Crippen molar-refractivity contribution >= 4 is 36.5 Å². The summed E-state index contributed by atoms with van der Waals surface area (Å²) in [6, 6.07) is 4.88. The van der Waals surface area contributed by atoms with Crippen LogP contribution in [0.1, 0.15) is 20.3 Å². The molecule has 0 aromatic carbocycles. The third-order valence-corrected chi connectivity index (χ3v) is 2.48. The number of rotatable bonds is 4. The van der Waals surface area contributed by atoms with E-state index < -0.39 is 6.04 Å². The summed E-state index contributed by atoms with van der Waals surface area (Å²) in [6.07, 6.45) is 2.52. The number of carbonyl (C=O) groups excluding carboxylic acids is 1. The smallest absolute Gasteiger partial charge is 0.242 e. The number of aromatic nitrogens is 1. The number of pyridine rings is 1. The van der Waals surface area contributed by atoms with E-state index in [2.05, 4.69) is 10.3 Å². The monoisotopic (exact) mass is 279 g/mol. The van der Waals surface area contributed by atoms with Crippen molar-refractivity contribution in [3.05, 3.63) is 24.4 Å². The second kappa shape index (κ2) is 9.22. The molecular weight excluding hydrogens is 261 g/mol. The van der Waals surface area contributed by atoms with Crippen molar-refractivity contribution in [3.63, 3.8) is 0 Å². The number of nitrogens with two attached hydrogens (primary N) is 1. The number of nitrogens with zero attached hydrogens (tertiary/aromatic N) is 1. The molecule has 1 aromatic heterocycles. The predicted octanol–water partition coefficient (Wildman–Crippen LogP) is 2.24. The fourth-order valence-corrected chi connectivity index (χ4v) is 1.16. The summed E-state index contributed by atoms with van der Waals surface area (Å²) < 4.78 is 0. The number of nitrogens with one attached hydrogen (secondary N) is 1.